The van der Waals surface area contributed by atoms with E-state index in [1.165, 1.54) is 12.6 Å². The molecule has 0 rings (SSSR count). The van der Waals surface area contributed by atoms with Crippen LogP contribution in [0.25, 0.3) is 0 Å². The molecule has 0 saturated heterocycles. The first-order valence-electron chi connectivity index (χ1n) is 3.24. The Morgan fingerprint density at radius 2 is 2.25 bits per heavy atom. The van der Waals surface area contributed by atoms with Gasteiger partial charge in [-0.15, -0.1) is 8.58 Å². The highest BCUT2D eigenvalue weighted by atomic mass is 31.1. The van der Waals surface area contributed by atoms with Crippen LogP contribution in [-0.4, -0.2) is 18.4 Å². The van der Waals surface area contributed by atoms with E-state index in [-0.39, 0.29) is 0 Å². The average Bonchev–Trinajstić information content (AvgIpc) is 1.83. The van der Waals surface area contributed by atoms with Gasteiger partial charge in [-0.2, -0.15) is 0 Å². The lowest BCUT2D eigenvalue weighted by Crippen LogP contribution is -2.03. The van der Waals surface area contributed by atoms with Crippen molar-refractivity contribution < 1.29 is 0 Å². The molecule has 0 aliphatic heterocycles. The minimum absolute atomic E-state index is 0.864. The maximum absolute atomic E-state index is 5.34. The molecule has 0 amide bonds. The molecule has 0 heterocycles. The van der Waals surface area contributed by atoms with Crippen LogP contribution in [-0.2, 0) is 0 Å². The predicted molar refractivity (Wildman–Crippen MR) is 42.0 cm³/mol. The van der Waals surface area contributed by atoms with E-state index in [0.717, 1.165) is 20.8 Å². The molecule has 0 saturated carbocycles. The Bertz CT molecular complexity index is 47.8. The fourth-order valence-corrected chi connectivity index (χ4v) is 1.42. The molecule has 0 aromatic rings. The van der Waals surface area contributed by atoms with Crippen molar-refractivity contribution in [2.24, 2.45) is 5.73 Å². The van der Waals surface area contributed by atoms with Gasteiger partial charge < -0.3 is 5.73 Å². The van der Waals surface area contributed by atoms with Gasteiger partial charge in [-0.05, 0) is 24.8 Å². The van der Waals surface area contributed by atoms with Gasteiger partial charge in [0, 0.05) is 0 Å². The third kappa shape index (κ3) is 4.55. The molecule has 0 aromatic heterocycles. The van der Waals surface area contributed by atoms with Crippen LogP contribution < -0.4 is 5.73 Å². The molecule has 2 N–H and O–H groups in total. The molecule has 0 radical (unpaired) electrons. The Kier molecular flexibility index (Phi) is 5.79. The lowest BCUT2D eigenvalue weighted by molar-refractivity contribution is 0.896. The maximum atomic E-state index is 5.34. The molecular formula is C6H16NP. The first-order chi connectivity index (χ1) is 3.81. The highest BCUT2D eigenvalue weighted by molar-refractivity contribution is 7.38. The van der Waals surface area contributed by atoms with Crippen molar-refractivity contribution in [3.05, 3.63) is 0 Å². The standard InChI is InChI=1S/C6H16NP/c1-3-6(2)8-5-4-7/h6,8H,3-5,7H2,1-2H3. The molecular weight excluding hydrogens is 117 g/mol. The topological polar surface area (TPSA) is 26.0 Å². The van der Waals surface area contributed by atoms with Crippen molar-refractivity contribution in [3.8, 4) is 0 Å². The lowest BCUT2D eigenvalue weighted by atomic mass is 10.4. The Hall–Kier alpha value is 0.390. The number of hydrogen-bond acceptors (Lipinski definition) is 1. The average molecular weight is 133 g/mol. The zero-order valence-corrected chi connectivity index (χ0v) is 6.78. The summed E-state index contributed by atoms with van der Waals surface area (Å²) in [6, 6.07) is 0. The molecule has 2 unspecified atom stereocenters. The lowest BCUT2D eigenvalue weighted by Gasteiger charge is -2.05. The van der Waals surface area contributed by atoms with Crippen LogP contribution in [0, 0.1) is 0 Å². The number of nitrogens with two attached hydrogens (primary N) is 1. The van der Waals surface area contributed by atoms with Crippen molar-refractivity contribution in [1.82, 2.24) is 0 Å². The quantitative estimate of drug-likeness (QED) is 0.577. The monoisotopic (exact) mass is 133 g/mol. The van der Waals surface area contributed by atoms with Crippen LogP contribution in [0.4, 0.5) is 0 Å². The van der Waals surface area contributed by atoms with E-state index >= 15 is 0 Å². The van der Waals surface area contributed by atoms with Crippen LogP contribution in [0.1, 0.15) is 20.3 Å². The summed E-state index contributed by atoms with van der Waals surface area (Å²) in [7, 11) is 1.08. The summed E-state index contributed by atoms with van der Waals surface area (Å²) in [5, 5.41) is 0. The van der Waals surface area contributed by atoms with Crippen LogP contribution in [0.2, 0.25) is 0 Å². The van der Waals surface area contributed by atoms with E-state index in [4.69, 9.17) is 5.73 Å². The zero-order valence-electron chi connectivity index (χ0n) is 5.78. The Morgan fingerprint density at radius 1 is 1.62 bits per heavy atom. The molecule has 0 fully saturated rings. The summed E-state index contributed by atoms with van der Waals surface area (Å²) < 4.78 is 0. The van der Waals surface area contributed by atoms with Gasteiger partial charge in [0.2, 0.25) is 0 Å². The Balaban J connectivity index is 2.86. The predicted octanol–water partition coefficient (Wildman–Crippen LogP) is 1.42. The minimum Gasteiger partial charge on any atom is -0.330 e. The molecule has 2 atom stereocenters. The molecule has 0 spiro atoms. The fourth-order valence-electron chi connectivity index (χ4n) is 0.474. The van der Waals surface area contributed by atoms with E-state index in [2.05, 4.69) is 13.8 Å². The molecule has 2 heteroatoms. The van der Waals surface area contributed by atoms with Crippen LogP contribution >= 0.6 is 8.58 Å². The summed E-state index contributed by atoms with van der Waals surface area (Å²) in [5.74, 6) is 0. The van der Waals surface area contributed by atoms with Crippen LogP contribution in [0.3, 0.4) is 0 Å². The van der Waals surface area contributed by atoms with Crippen LogP contribution in [0.15, 0.2) is 0 Å². The maximum Gasteiger partial charge on any atom is -0.00401 e. The third-order valence-electron chi connectivity index (χ3n) is 1.25. The second-order valence-corrected chi connectivity index (χ2v) is 3.95. The third-order valence-corrected chi connectivity index (χ3v) is 2.93. The van der Waals surface area contributed by atoms with Gasteiger partial charge in [-0.1, -0.05) is 13.8 Å². The van der Waals surface area contributed by atoms with Gasteiger partial charge in [0.1, 0.15) is 0 Å². The summed E-state index contributed by atoms with van der Waals surface area (Å²) >= 11 is 0. The number of rotatable bonds is 4. The molecule has 50 valence electrons. The molecule has 0 aliphatic rings. The minimum atomic E-state index is 0.864. The molecule has 0 bridgehead atoms. The summed E-state index contributed by atoms with van der Waals surface area (Å²) in [6.45, 7) is 5.38. The SMILES string of the molecule is CCC(C)PCCN. The molecule has 0 aromatic carbocycles. The number of hydrogen-bond donors (Lipinski definition) is 1. The molecule has 1 nitrogen and oxygen atoms in total. The van der Waals surface area contributed by atoms with E-state index < -0.39 is 0 Å². The van der Waals surface area contributed by atoms with Crippen molar-refractivity contribution >= 4 is 8.58 Å². The van der Waals surface area contributed by atoms with Crippen molar-refractivity contribution in [2.45, 2.75) is 25.9 Å². The van der Waals surface area contributed by atoms with E-state index in [1.807, 2.05) is 0 Å². The van der Waals surface area contributed by atoms with Gasteiger partial charge in [-0.25, -0.2) is 0 Å². The largest absolute Gasteiger partial charge is 0.330 e. The highest BCUT2D eigenvalue weighted by Gasteiger charge is 1.94. The van der Waals surface area contributed by atoms with Gasteiger partial charge in [0.05, 0.1) is 0 Å². The second-order valence-electron chi connectivity index (χ2n) is 2.05. The van der Waals surface area contributed by atoms with Crippen molar-refractivity contribution in [2.75, 3.05) is 12.7 Å². The van der Waals surface area contributed by atoms with E-state index in [0.29, 0.717) is 0 Å². The summed E-state index contributed by atoms with van der Waals surface area (Å²) in [4.78, 5) is 0. The van der Waals surface area contributed by atoms with Crippen molar-refractivity contribution in [1.29, 1.82) is 0 Å². The van der Waals surface area contributed by atoms with Gasteiger partial charge in [0.25, 0.3) is 0 Å². The Morgan fingerprint density at radius 3 is 2.62 bits per heavy atom. The smallest absolute Gasteiger partial charge is 0.00401 e. The summed E-state index contributed by atoms with van der Waals surface area (Å²) in [6.07, 6.45) is 2.52. The normalized spacial score (nSPS) is 15.4. The van der Waals surface area contributed by atoms with E-state index in [9.17, 15) is 0 Å². The fraction of sp³-hybridized carbons (Fsp3) is 1.00. The van der Waals surface area contributed by atoms with Crippen LogP contribution in [0.5, 0.6) is 0 Å². The van der Waals surface area contributed by atoms with Crippen molar-refractivity contribution in [3.63, 3.8) is 0 Å². The first-order valence-corrected chi connectivity index (χ1v) is 4.53. The first kappa shape index (κ1) is 8.39. The summed E-state index contributed by atoms with van der Waals surface area (Å²) in [5.41, 5.74) is 6.24. The van der Waals surface area contributed by atoms with Gasteiger partial charge >= 0.3 is 0 Å². The highest BCUT2D eigenvalue weighted by Crippen LogP contribution is 2.19. The second kappa shape index (κ2) is 5.53. The van der Waals surface area contributed by atoms with Gasteiger partial charge in [-0.3, -0.25) is 0 Å². The Labute approximate surface area is 53.8 Å². The molecule has 8 heavy (non-hydrogen) atoms. The zero-order chi connectivity index (χ0) is 6.41. The van der Waals surface area contributed by atoms with E-state index in [1.54, 1.807) is 0 Å². The van der Waals surface area contributed by atoms with Gasteiger partial charge in [0.15, 0.2) is 0 Å². The molecule has 0 aliphatic carbocycles.